The normalized spacial score (nSPS) is 11.8. The molecule has 1 unspecified atom stereocenters. The summed E-state index contributed by atoms with van der Waals surface area (Å²) in [7, 11) is 0. The summed E-state index contributed by atoms with van der Waals surface area (Å²) in [5.74, 6) is 0.478. The Morgan fingerprint density at radius 3 is 2.59 bits per heavy atom. The second-order valence-electron chi connectivity index (χ2n) is 5.20. The van der Waals surface area contributed by atoms with Crippen molar-refractivity contribution in [2.75, 3.05) is 11.9 Å². The van der Waals surface area contributed by atoms with E-state index in [0.29, 0.717) is 5.75 Å². The number of aryl methyl sites for hydroxylation is 1. The average molecular weight is 298 g/mol. The standard InChI is InChI=1S/C18H22N2O2/c1-3-15(19)14-9-5-7-11-17(14)22-12-18(21)20-16-10-6-4-8-13(16)2/h4-11,15H,3,12,19H2,1-2H3,(H,20,21). The van der Waals surface area contributed by atoms with Crippen molar-refractivity contribution in [1.29, 1.82) is 0 Å². The molecule has 0 radical (unpaired) electrons. The van der Waals surface area contributed by atoms with Crippen LogP contribution < -0.4 is 15.8 Å². The maximum atomic E-state index is 12.0. The van der Waals surface area contributed by atoms with Gasteiger partial charge >= 0.3 is 0 Å². The van der Waals surface area contributed by atoms with Crippen LogP contribution >= 0.6 is 0 Å². The minimum atomic E-state index is -0.186. The Balaban J connectivity index is 1.99. The zero-order chi connectivity index (χ0) is 15.9. The van der Waals surface area contributed by atoms with Crippen LogP contribution in [0.4, 0.5) is 5.69 Å². The fraction of sp³-hybridized carbons (Fsp3) is 0.278. The van der Waals surface area contributed by atoms with Gasteiger partial charge in [-0.25, -0.2) is 0 Å². The van der Waals surface area contributed by atoms with E-state index in [1.807, 2.05) is 62.4 Å². The lowest BCUT2D eigenvalue weighted by Crippen LogP contribution is -2.21. The van der Waals surface area contributed by atoms with E-state index < -0.39 is 0 Å². The average Bonchev–Trinajstić information content (AvgIpc) is 2.54. The largest absolute Gasteiger partial charge is 0.483 e. The van der Waals surface area contributed by atoms with Gasteiger partial charge in [-0.15, -0.1) is 0 Å². The lowest BCUT2D eigenvalue weighted by Gasteiger charge is -2.15. The van der Waals surface area contributed by atoms with Gasteiger partial charge in [-0.3, -0.25) is 4.79 Å². The molecule has 0 aliphatic carbocycles. The van der Waals surface area contributed by atoms with Crippen molar-refractivity contribution >= 4 is 11.6 Å². The number of hydrogen-bond donors (Lipinski definition) is 2. The number of para-hydroxylation sites is 2. The van der Waals surface area contributed by atoms with Crippen LogP contribution in [0.1, 0.15) is 30.5 Å². The van der Waals surface area contributed by atoms with Gasteiger partial charge in [-0.2, -0.15) is 0 Å². The summed E-state index contributed by atoms with van der Waals surface area (Å²) in [6.07, 6.45) is 0.815. The minimum Gasteiger partial charge on any atom is -0.483 e. The fourth-order valence-electron chi connectivity index (χ4n) is 2.18. The first-order chi connectivity index (χ1) is 10.6. The van der Waals surface area contributed by atoms with Crippen molar-refractivity contribution in [3.8, 4) is 5.75 Å². The van der Waals surface area contributed by atoms with E-state index in [0.717, 1.165) is 23.2 Å². The number of nitrogens with one attached hydrogen (secondary N) is 1. The van der Waals surface area contributed by atoms with Crippen molar-refractivity contribution < 1.29 is 9.53 Å². The molecule has 116 valence electrons. The van der Waals surface area contributed by atoms with Gasteiger partial charge in [0, 0.05) is 17.3 Å². The molecule has 2 aromatic rings. The third-order valence-electron chi connectivity index (χ3n) is 3.54. The Kier molecular flexibility index (Phi) is 5.55. The highest BCUT2D eigenvalue weighted by Gasteiger charge is 2.11. The molecule has 0 saturated heterocycles. The van der Waals surface area contributed by atoms with Crippen molar-refractivity contribution in [3.05, 3.63) is 59.7 Å². The molecule has 0 saturated carbocycles. The maximum absolute atomic E-state index is 12.0. The van der Waals surface area contributed by atoms with E-state index in [9.17, 15) is 4.79 Å². The van der Waals surface area contributed by atoms with Gasteiger partial charge in [-0.05, 0) is 31.0 Å². The van der Waals surface area contributed by atoms with Gasteiger partial charge in [0.25, 0.3) is 5.91 Å². The Bertz CT molecular complexity index is 640. The summed E-state index contributed by atoms with van der Waals surface area (Å²) in [6.45, 7) is 3.93. The summed E-state index contributed by atoms with van der Waals surface area (Å²) in [4.78, 5) is 12.0. The summed E-state index contributed by atoms with van der Waals surface area (Å²) >= 11 is 0. The quantitative estimate of drug-likeness (QED) is 0.859. The van der Waals surface area contributed by atoms with Gasteiger partial charge in [0.1, 0.15) is 5.75 Å². The van der Waals surface area contributed by atoms with Gasteiger partial charge < -0.3 is 15.8 Å². The van der Waals surface area contributed by atoms with E-state index in [-0.39, 0.29) is 18.6 Å². The van der Waals surface area contributed by atoms with Crippen molar-refractivity contribution in [2.45, 2.75) is 26.3 Å². The molecule has 1 atom stereocenters. The molecular weight excluding hydrogens is 276 g/mol. The van der Waals surface area contributed by atoms with E-state index in [4.69, 9.17) is 10.5 Å². The second kappa shape index (κ2) is 7.61. The highest BCUT2D eigenvalue weighted by molar-refractivity contribution is 5.92. The van der Waals surface area contributed by atoms with Crippen molar-refractivity contribution in [1.82, 2.24) is 0 Å². The summed E-state index contributed by atoms with van der Waals surface area (Å²) in [5.41, 5.74) is 8.81. The Morgan fingerprint density at radius 2 is 1.86 bits per heavy atom. The first-order valence-corrected chi connectivity index (χ1v) is 7.44. The van der Waals surface area contributed by atoms with Crippen LogP contribution in [0.15, 0.2) is 48.5 Å². The molecule has 4 heteroatoms. The Hall–Kier alpha value is -2.33. The smallest absolute Gasteiger partial charge is 0.262 e. The third-order valence-corrected chi connectivity index (χ3v) is 3.54. The van der Waals surface area contributed by atoms with Gasteiger partial charge in [0.2, 0.25) is 0 Å². The molecule has 2 aromatic carbocycles. The van der Waals surface area contributed by atoms with E-state index >= 15 is 0 Å². The number of carbonyl (C=O) groups is 1. The molecular formula is C18H22N2O2. The van der Waals surface area contributed by atoms with Gasteiger partial charge in [0.05, 0.1) is 0 Å². The molecule has 0 aromatic heterocycles. The number of carbonyl (C=O) groups excluding carboxylic acids is 1. The van der Waals surface area contributed by atoms with Crippen LogP contribution in [0.3, 0.4) is 0 Å². The number of anilines is 1. The highest BCUT2D eigenvalue weighted by Crippen LogP contribution is 2.25. The Morgan fingerprint density at radius 1 is 1.18 bits per heavy atom. The molecule has 4 nitrogen and oxygen atoms in total. The van der Waals surface area contributed by atoms with Crippen molar-refractivity contribution in [3.63, 3.8) is 0 Å². The first kappa shape index (κ1) is 16.0. The van der Waals surface area contributed by atoms with Crippen LogP contribution in [0, 0.1) is 6.92 Å². The summed E-state index contributed by atoms with van der Waals surface area (Å²) in [5, 5.41) is 2.85. The second-order valence-corrected chi connectivity index (χ2v) is 5.20. The summed E-state index contributed by atoms with van der Waals surface area (Å²) < 4.78 is 5.64. The van der Waals surface area contributed by atoms with Gasteiger partial charge in [-0.1, -0.05) is 43.3 Å². The highest BCUT2D eigenvalue weighted by atomic mass is 16.5. The van der Waals surface area contributed by atoms with Crippen molar-refractivity contribution in [2.24, 2.45) is 5.73 Å². The van der Waals surface area contributed by atoms with E-state index in [1.165, 1.54) is 0 Å². The molecule has 0 aliphatic rings. The molecule has 0 fully saturated rings. The van der Waals surface area contributed by atoms with Crippen LogP contribution in [0.5, 0.6) is 5.75 Å². The van der Waals surface area contributed by atoms with Gasteiger partial charge in [0.15, 0.2) is 6.61 Å². The molecule has 0 spiro atoms. The molecule has 2 rings (SSSR count). The monoisotopic (exact) mass is 298 g/mol. The number of ether oxygens (including phenoxy) is 1. The van der Waals surface area contributed by atoms with Crippen LogP contribution in [-0.4, -0.2) is 12.5 Å². The zero-order valence-corrected chi connectivity index (χ0v) is 13.0. The maximum Gasteiger partial charge on any atom is 0.262 e. The lowest BCUT2D eigenvalue weighted by molar-refractivity contribution is -0.118. The first-order valence-electron chi connectivity index (χ1n) is 7.44. The van der Waals surface area contributed by atoms with E-state index in [2.05, 4.69) is 5.32 Å². The number of rotatable bonds is 6. The SMILES string of the molecule is CCC(N)c1ccccc1OCC(=O)Nc1ccccc1C. The molecule has 3 N–H and O–H groups in total. The van der Waals surface area contributed by atoms with Crippen LogP contribution in [-0.2, 0) is 4.79 Å². The van der Waals surface area contributed by atoms with E-state index in [1.54, 1.807) is 0 Å². The zero-order valence-electron chi connectivity index (χ0n) is 13.0. The summed E-state index contributed by atoms with van der Waals surface area (Å²) in [6, 6.07) is 15.1. The lowest BCUT2D eigenvalue weighted by atomic mass is 10.0. The number of hydrogen-bond acceptors (Lipinski definition) is 3. The van der Waals surface area contributed by atoms with Crippen LogP contribution in [0.25, 0.3) is 0 Å². The number of nitrogens with two attached hydrogens (primary N) is 1. The number of benzene rings is 2. The molecule has 1 amide bonds. The molecule has 22 heavy (non-hydrogen) atoms. The molecule has 0 bridgehead atoms. The van der Waals surface area contributed by atoms with Crippen LogP contribution in [0.2, 0.25) is 0 Å². The fourth-order valence-corrected chi connectivity index (χ4v) is 2.18. The third kappa shape index (κ3) is 4.09. The predicted molar refractivity (Wildman–Crippen MR) is 89.0 cm³/mol. The topological polar surface area (TPSA) is 64.3 Å². The Labute approximate surface area is 131 Å². The molecule has 0 heterocycles. The number of amides is 1. The predicted octanol–water partition coefficient (Wildman–Crippen LogP) is 3.42. The molecule has 0 aliphatic heterocycles. The minimum absolute atomic E-state index is 0.0399.